The van der Waals surface area contributed by atoms with E-state index in [4.69, 9.17) is 0 Å². The van der Waals surface area contributed by atoms with Crippen molar-refractivity contribution in [3.8, 4) is 0 Å². The van der Waals surface area contributed by atoms with Crippen molar-refractivity contribution in [1.82, 2.24) is 20.6 Å². The van der Waals surface area contributed by atoms with Crippen LogP contribution in [-0.4, -0.2) is 39.9 Å². The zero-order valence-electron chi connectivity index (χ0n) is 12.2. The van der Waals surface area contributed by atoms with Crippen molar-refractivity contribution in [3.63, 3.8) is 0 Å². The number of nitrogens with one attached hydrogen (secondary N) is 1. The van der Waals surface area contributed by atoms with Crippen LogP contribution in [0.25, 0.3) is 5.76 Å². The van der Waals surface area contributed by atoms with Crippen molar-refractivity contribution >= 4 is 32.7 Å². The maximum atomic E-state index is 12.9. The number of hydrogen-bond acceptors (Lipinski definition) is 8. The number of benzene rings is 1. The van der Waals surface area contributed by atoms with E-state index in [-0.39, 0.29) is 20.5 Å². The van der Waals surface area contributed by atoms with E-state index in [1.165, 1.54) is 11.4 Å². The molecule has 0 bridgehead atoms. The molecule has 3 rings (SSSR count). The molecule has 0 amide bonds. The topological polar surface area (TPSA) is 126 Å². The smallest absolute Gasteiger partial charge is 0.239 e. The standard InChI is InChI=1S/C14H9FN4O4S2/c15-8-1-3-9(4-2-8)25(22,23)10-5-13(24-7-10)11(20)6-12(21)14-16-18-19-17-14/h1-7,21H,(H,16,17,18,19). The number of hydrogen-bond donors (Lipinski definition) is 2. The van der Waals surface area contributed by atoms with Crippen LogP contribution in [0, 0.1) is 5.82 Å². The highest BCUT2D eigenvalue weighted by atomic mass is 32.2. The van der Waals surface area contributed by atoms with Gasteiger partial charge >= 0.3 is 0 Å². The Bertz CT molecular complexity index is 1040. The Morgan fingerprint density at radius 2 is 1.96 bits per heavy atom. The van der Waals surface area contributed by atoms with Gasteiger partial charge in [-0.15, -0.1) is 21.5 Å². The lowest BCUT2D eigenvalue weighted by molar-refractivity contribution is 0.104. The number of H-pyrrole nitrogens is 1. The van der Waals surface area contributed by atoms with E-state index >= 15 is 0 Å². The molecule has 0 radical (unpaired) electrons. The lowest BCUT2D eigenvalue weighted by atomic mass is 10.3. The van der Waals surface area contributed by atoms with Gasteiger partial charge in [0.1, 0.15) is 5.82 Å². The first-order chi connectivity index (χ1) is 11.9. The number of ketones is 1. The number of rotatable bonds is 5. The average Bonchev–Trinajstić information content (AvgIpc) is 3.27. The van der Waals surface area contributed by atoms with Crippen LogP contribution in [0.3, 0.4) is 0 Å². The molecule has 1 aromatic carbocycles. The van der Waals surface area contributed by atoms with Crippen LogP contribution in [0.4, 0.5) is 4.39 Å². The van der Waals surface area contributed by atoms with Crippen LogP contribution in [0.2, 0.25) is 0 Å². The molecule has 128 valence electrons. The maximum Gasteiger partial charge on any atom is 0.239 e. The minimum Gasteiger partial charge on any atom is -0.504 e. The SMILES string of the molecule is O=C(C=C(O)c1nn[nH]n1)c1cc(S(=O)(=O)c2ccc(F)cc2)cs1. The summed E-state index contributed by atoms with van der Waals surface area (Å²) in [6.45, 7) is 0. The van der Waals surface area contributed by atoms with E-state index < -0.39 is 27.2 Å². The van der Waals surface area contributed by atoms with Crippen molar-refractivity contribution in [2.75, 3.05) is 0 Å². The summed E-state index contributed by atoms with van der Waals surface area (Å²) < 4.78 is 37.9. The summed E-state index contributed by atoms with van der Waals surface area (Å²) in [5.74, 6) is -1.84. The lowest BCUT2D eigenvalue weighted by Crippen LogP contribution is -2.01. The molecular weight excluding hydrogens is 371 g/mol. The molecule has 0 unspecified atom stereocenters. The molecule has 0 aliphatic rings. The fraction of sp³-hybridized carbons (Fsp3) is 0. The molecular formula is C14H9FN4O4S2. The molecule has 0 saturated heterocycles. The number of aromatic amines is 1. The van der Waals surface area contributed by atoms with Gasteiger partial charge in [0.2, 0.25) is 15.7 Å². The Morgan fingerprint density at radius 3 is 2.60 bits per heavy atom. The Balaban J connectivity index is 1.88. The van der Waals surface area contributed by atoms with E-state index in [9.17, 15) is 22.7 Å². The molecule has 0 aliphatic heterocycles. The third-order valence-electron chi connectivity index (χ3n) is 3.09. The predicted molar refractivity (Wildman–Crippen MR) is 85.3 cm³/mol. The van der Waals surface area contributed by atoms with Crippen molar-refractivity contribution < 1.29 is 22.7 Å². The number of allylic oxidation sites excluding steroid dienone is 1. The summed E-state index contributed by atoms with van der Waals surface area (Å²) in [5, 5.41) is 23.4. The molecule has 0 fully saturated rings. The summed E-state index contributed by atoms with van der Waals surface area (Å²) in [5.41, 5.74) is 0. The number of thiophene rings is 1. The highest BCUT2D eigenvalue weighted by molar-refractivity contribution is 7.91. The summed E-state index contributed by atoms with van der Waals surface area (Å²) in [6, 6.07) is 5.55. The van der Waals surface area contributed by atoms with Gasteiger partial charge in [-0.3, -0.25) is 4.79 Å². The van der Waals surface area contributed by atoms with Gasteiger partial charge in [-0.05, 0) is 35.5 Å². The normalized spacial score (nSPS) is 12.3. The van der Waals surface area contributed by atoms with Gasteiger partial charge < -0.3 is 5.11 Å². The molecule has 0 aliphatic carbocycles. The molecule has 0 atom stereocenters. The van der Waals surface area contributed by atoms with E-state index in [1.807, 2.05) is 0 Å². The van der Waals surface area contributed by atoms with E-state index in [2.05, 4.69) is 20.6 Å². The molecule has 3 aromatic rings. The van der Waals surface area contributed by atoms with Crippen LogP contribution in [0.15, 0.2) is 51.6 Å². The summed E-state index contributed by atoms with van der Waals surface area (Å²) in [7, 11) is -3.87. The number of aliphatic hydroxyl groups excluding tert-OH is 1. The van der Waals surface area contributed by atoms with Gasteiger partial charge in [-0.2, -0.15) is 5.21 Å². The molecule has 25 heavy (non-hydrogen) atoms. The number of carbonyl (C=O) groups is 1. The third-order valence-corrected chi connectivity index (χ3v) is 5.94. The summed E-state index contributed by atoms with van der Waals surface area (Å²) in [6.07, 6.45) is 0.866. The molecule has 11 heteroatoms. The zero-order chi connectivity index (χ0) is 18.0. The van der Waals surface area contributed by atoms with Crippen molar-refractivity contribution in [3.05, 3.63) is 58.3 Å². The quantitative estimate of drug-likeness (QED) is 0.300. The fourth-order valence-corrected chi connectivity index (χ4v) is 4.32. The molecule has 0 spiro atoms. The Morgan fingerprint density at radius 1 is 1.24 bits per heavy atom. The molecule has 2 aromatic heterocycles. The number of sulfone groups is 1. The minimum atomic E-state index is -3.87. The second kappa shape index (κ2) is 6.53. The first kappa shape index (κ1) is 16.9. The van der Waals surface area contributed by atoms with Crippen LogP contribution >= 0.6 is 11.3 Å². The van der Waals surface area contributed by atoms with Crippen molar-refractivity contribution in [2.45, 2.75) is 9.79 Å². The van der Waals surface area contributed by atoms with Crippen LogP contribution < -0.4 is 0 Å². The first-order valence-corrected chi connectivity index (χ1v) is 9.02. The van der Waals surface area contributed by atoms with Crippen LogP contribution in [0.1, 0.15) is 15.5 Å². The Labute approximate surface area is 144 Å². The van der Waals surface area contributed by atoms with Crippen LogP contribution in [0.5, 0.6) is 0 Å². The Hall–Kier alpha value is -2.92. The number of nitrogens with zero attached hydrogens (tertiary/aromatic N) is 3. The predicted octanol–water partition coefficient (Wildman–Crippen LogP) is 2.01. The van der Waals surface area contributed by atoms with Gasteiger partial charge in [-0.1, -0.05) is 0 Å². The summed E-state index contributed by atoms with van der Waals surface area (Å²) in [4.78, 5) is 12.0. The largest absolute Gasteiger partial charge is 0.504 e. The monoisotopic (exact) mass is 380 g/mol. The third kappa shape index (κ3) is 3.46. The van der Waals surface area contributed by atoms with Crippen molar-refractivity contribution in [1.29, 1.82) is 0 Å². The van der Waals surface area contributed by atoms with Gasteiger partial charge in [0.05, 0.1) is 14.7 Å². The van der Waals surface area contributed by atoms with Crippen LogP contribution in [-0.2, 0) is 9.84 Å². The first-order valence-electron chi connectivity index (χ1n) is 6.66. The Kier molecular flexibility index (Phi) is 4.42. The number of halogens is 1. The highest BCUT2D eigenvalue weighted by Gasteiger charge is 2.21. The van der Waals surface area contributed by atoms with Gasteiger partial charge in [-0.25, -0.2) is 12.8 Å². The van der Waals surface area contributed by atoms with Gasteiger partial charge in [0, 0.05) is 11.5 Å². The molecule has 2 heterocycles. The molecule has 2 N–H and O–H groups in total. The summed E-state index contributed by atoms with van der Waals surface area (Å²) >= 11 is 0.899. The number of aromatic nitrogens is 4. The minimum absolute atomic E-state index is 0.0871. The second-order valence-corrected chi connectivity index (χ2v) is 7.59. The van der Waals surface area contributed by atoms with E-state index in [1.54, 1.807) is 0 Å². The van der Waals surface area contributed by atoms with Gasteiger partial charge in [0.25, 0.3) is 0 Å². The number of tetrazole rings is 1. The second-order valence-electron chi connectivity index (χ2n) is 4.73. The zero-order valence-corrected chi connectivity index (χ0v) is 13.9. The van der Waals surface area contributed by atoms with E-state index in [0.29, 0.717) is 0 Å². The highest BCUT2D eigenvalue weighted by Crippen LogP contribution is 2.26. The fourth-order valence-electron chi connectivity index (χ4n) is 1.87. The number of aliphatic hydroxyl groups is 1. The number of carbonyl (C=O) groups excluding carboxylic acids is 1. The molecule has 8 nitrogen and oxygen atoms in total. The maximum absolute atomic E-state index is 12.9. The molecule has 0 saturated carbocycles. The van der Waals surface area contributed by atoms with Crippen molar-refractivity contribution in [2.24, 2.45) is 0 Å². The van der Waals surface area contributed by atoms with E-state index in [0.717, 1.165) is 41.7 Å². The van der Waals surface area contributed by atoms with Gasteiger partial charge in [0.15, 0.2) is 11.5 Å². The average molecular weight is 380 g/mol. The lowest BCUT2D eigenvalue weighted by Gasteiger charge is -2.01.